The molecule has 5 nitrogen and oxygen atoms in total. The second-order valence-corrected chi connectivity index (χ2v) is 9.05. The van der Waals surface area contributed by atoms with Crippen LogP contribution in [0.4, 0.5) is 24.5 Å². The van der Waals surface area contributed by atoms with Gasteiger partial charge in [0.25, 0.3) is 10.0 Å². The Bertz CT molecular complexity index is 1210. The molecule has 3 rings (SSSR count). The molecule has 0 aromatic heterocycles. The number of para-hydroxylation sites is 1. The molecular formula is C23H21F3N2O3S. The zero-order chi connectivity index (χ0) is 23.5. The first-order chi connectivity index (χ1) is 15.0. The summed E-state index contributed by atoms with van der Waals surface area (Å²) in [6.45, 7) is 2.87. The topological polar surface area (TPSA) is 66.5 Å². The van der Waals surface area contributed by atoms with Gasteiger partial charge in [-0.2, -0.15) is 13.2 Å². The molecule has 168 valence electrons. The fraction of sp³-hybridized carbons (Fsp3) is 0.174. The SMILES string of the molecule is Cc1cccc(C)c1NC(=O)CN(c1cccc(C(F)(F)F)c1)S(=O)(=O)c1ccccc1. The van der Waals surface area contributed by atoms with Crippen LogP contribution >= 0.6 is 0 Å². The van der Waals surface area contributed by atoms with Crippen molar-refractivity contribution in [2.24, 2.45) is 0 Å². The predicted octanol–water partition coefficient (Wildman–Crippen LogP) is 5.16. The first kappa shape index (κ1) is 23.3. The van der Waals surface area contributed by atoms with E-state index in [1.165, 1.54) is 30.3 Å². The highest BCUT2D eigenvalue weighted by Crippen LogP contribution is 2.33. The van der Waals surface area contributed by atoms with Crippen LogP contribution in [-0.2, 0) is 21.0 Å². The van der Waals surface area contributed by atoms with Gasteiger partial charge in [-0.25, -0.2) is 8.42 Å². The average molecular weight is 462 g/mol. The molecule has 1 N–H and O–H groups in total. The van der Waals surface area contributed by atoms with Crippen LogP contribution in [0, 0.1) is 13.8 Å². The van der Waals surface area contributed by atoms with Crippen molar-refractivity contribution >= 4 is 27.3 Å². The number of alkyl halides is 3. The number of anilines is 2. The van der Waals surface area contributed by atoms with Crippen molar-refractivity contribution in [1.82, 2.24) is 0 Å². The molecule has 0 heterocycles. The maximum Gasteiger partial charge on any atom is 0.416 e. The molecule has 0 aliphatic heterocycles. The van der Waals surface area contributed by atoms with E-state index in [9.17, 15) is 26.4 Å². The maximum atomic E-state index is 13.3. The van der Waals surface area contributed by atoms with Crippen LogP contribution in [0.5, 0.6) is 0 Å². The molecule has 0 unspecified atom stereocenters. The molecule has 0 aliphatic carbocycles. The molecule has 0 radical (unpaired) electrons. The van der Waals surface area contributed by atoms with Gasteiger partial charge >= 0.3 is 6.18 Å². The summed E-state index contributed by atoms with van der Waals surface area (Å²) in [6.07, 6.45) is -4.67. The van der Waals surface area contributed by atoms with Gasteiger partial charge in [-0.15, -0.1) is 0 Å². The third-order valence-corrected chi connectivity index (χ3v) is 6.61. The van der Waals surface area contributed by atoms with Gasteiger partial charge in [0.15, 0.2) is 0 Å². The molecule has 0 saturated carbocycles. The minimum absolute atomic E-state index is 0.141. The van der Waals surface area contributed by atoms with Crippen molar-refractivity contribution < 1.29 is 26.4 Å². The summed E-state index contributed by atoms with van der Waals surface area (Å²) < 4.78 is 67.0. The van der Waals surface area contributed by atoms with Crippen molar-refractivity contribution in [2.45, 2.75) is 24.9 Å². The van der Waals surface area contributed by atoms with Crippen molar-refractivity contribution in [3.63, 3.8) is 0 Å². The van der Waals surface area contributed by atoms with Gasteiger partial charge in [-0.1, -0.05) is 42.5 Å². The summed E-state index contributed by atoms with van der Waals surface area (Å²) in [5, 5.41) is 2.68. The Balaban J connectivity index is 2.03. The molecule has 0 atom stereocenters. The van der Waals surface area contributed by atoms with Crippen LogP contribution in [-0.4, -0.2) is 20.9 Å². The summed E-state index contributed by atoms with van der Waals surface area (Å²) in [6, 6.07) is 16.5. The van der Waals surface area contributed by atoms with Gasteiger partial charge in [0.2, 0.25) is 5.91 Å². The Labute approximate surface area is 184 Å². The van der Waals surface area contributed by atoms with E-state index in [1.807, 2.05) is 6.07 Å². The van der Waals surface area contributed by atoms with Crippen molar-refractivity contribution in [3.05, 3.63) is 89.5 Å². The number of hydrogen-bond acceptors (Lipinski definition) is 3. The van der Waals surface area contributed by atoms with E-state index >= 15 is 0 Å². The third-order valence-electron chi connectivity index (χ3n) is 4.83. The Morgan fingerprint density at radius 2 is 1.50 bits per heavy atom. The lowest BCUT2D eigenvalue weighted by atomic mass is 10.1. The molecule has 3 aromatic carbocycles. The lowest BCUT2D eigenvalue weighted by Crippen LogP contribution is -2.38. The highest BCUT2D eigenvalue weighted by Gasteiger charge is 2.33. The lowest BCUT2D eigenvalue weighted by molar-refractivity contribution is -0.137. The largest absolute Gasteiger partial charge is 0.416 e. The van der Waals surface area contributed by atoms with Gasteiger partial charge in [0.1, 0.15) is 6.54 Å². The van der Waals surface area contributed by atoms with Crippen LogP contribution in [0.2, 0.25) is 0 Å². The summed E-state index contributed by atoms with van der Waals surface area (Å²) in [5.74, 6) is -0.681. The van der Waals surface area contributed by atoms with Crippen molar-refractivity contribution in [2.75, 3.05) is 16.2 Å². The van der Waals surface area contributed by atoms with Gasteiger partial charge in [-0.3, -0.25) is 9.10 Å². The molecule has 0 spiro atoms. The second-order valence-electron chi connectivity index (χ2n) is 7.19. The monoisotopic (exact) mass is 462 g/mol. The number of rotatable bonds is 6. The van der Waals surface area contributed by atoms with E-state index in [-0.39, 0.29) is 10.6 Å². The Morgan fingerprint density at radius 3 is 2.09 bits per heavy atom. The third kappa shape index (κ3) is 5.11. The summed E-state index contributed by atoms with van der Waals surface area (Å²) in [5.41, 5.74) is 0.794. The molecule has 3 aromatic rings. The molecule has 0 aliphatic rings. The van der Waals surface area contributed by atoms with Gasteiger partial charge in [-0.05, 0) is 55.3 Å². The van der Waals surface area contributed by atoms with Crippen LogP contribution in [0.25, 0.3) is 0 Å². The number of halogens is 3. The van der Waals surface area contributed by atoms with Crippen LogP contribution < -0.4 is 9.62 Å². The van der Waals surface area contributed by atoms with Gasteiger partial charge < -0.3 is 5.32 Å². The maximum absolute atomic E-state index is 13.3. The number of benzene rings is 3. The average Bonchev–Trinajstić information content (AvgIpc) is 2.75. The molecule has 0 fully saturated rings. The van der Waals surface area contributed by atoms with E-state index in [4.69, 9.17) is 0 Å². The fourth-order valence-corrected chi connectivity index (χ4v) is 4.63. The second kappa shape index (κ2) is 9.04. The fourth-order valence-electron chi connectivity index (χ4n) is 3.19. The molecule has 0 saturated heterocycles. The Kier molecular flexibility index (Phi) is 6.59. The Morgan fingerprint density at radius 1 is 0.906 bits per heavy atom. The molecule has 1 amide bonds. The number of amides is 1. The molecule has 0 bridgehead atoms. The number of carbonyl (C=O) groups is 1. The van der Waals surface area contributed by atoms with Gasteiger partial charge in [0, 0.05) is 5.69 Å². The summed E-state index contributed by atoms with van der Waals surface area (Å²) in [4.78, 5) is 12.7. The van der Waals surface area contributed by atoms with Gasteiger partial charge in [0.05, 0.1) is 16.1 Å². The van der Waals surface area contributed by atoms with Crippen LogP contribution in [0.1, 0.15) is 16.7 Å². The minimum Gasteiger partial charge on any atom is -0.324 e. The number of nitrogens with one attached hydrogen (secondary N) is 1. The van der Waals surface area contributed by atoms with E-state index in [0.29, 0.717) is 16.1 Å². The minimum atomic E-state index is -4.67. The lowest BCUT2D eigenvalue weighted by Gasteiger charge is -2.25. The summed E-state index contributed by atoms with van der Waals surface area (Å²) >= 11 is 0. The summed E-state index contributed by atoms with van der Waals surface area (Å²) in [7, 11) is -4.32. The van der Waals surface area contributed by atoms with Crippen LogP contribution in [0.15, 0.2) is 77.7 Å². The standard InChI is InChI=1S/C23H21F3N2O3S/c1-16-8-6-9-17(2)22(16)27-21(29)15-28(32(30,31)20-12-4-3-5-13-20)19-11-7-10-18(14-19)23(24,25)26/h3-14H,15H2,1-2H3,(H,27,29). The number of hydrogen-bond donors (Lipinski definition) is 1. The quantitative estimate of drug-likeness (QED) is 0.551. The number of aryl methyl sites for hydroxylation is 2. The normalized spacial score (nSPS) is 11.8. The number of carbonyl (C=O) groups excluding carboxylic acids is 1. The zero-order valence-corrected chi connectivity index (χ0v) is 18.2. The molecule has 32 heavy (non-hydrogen) atoms. The van der Waals surface area contributed by atoms with E-state index < -0.39 is 34.2 Å². The first-order valence-electron chi connectivity index (χ1n) is 9.61. The number of nitrogens with zero attached hydrogens (tertiary/aromatic N) is 1. The van der Waals surface area contributed by atoms with Crippen molar-refractivity contribution in [1.29, 1.82) is 0 Å². The highest BCUT2D eigenvalue weighted by atomic mass is 32.2. The zero-order valence-electron chi connectivity index (χ0n) is 17.3. The molecule has 9 heteroatoms. The Hall–Kier alpha value is -3.33. The highest BCUT2D eigenvalue weighted by molar-refractivity contribution is 7.92. The van der Waals surface area contributed by atoms with E-state index in [2.05, 4.69) is 5.32 Å². The predicted molar refractivity (Wildman–Crippen MR) is 117 cm³/mol. The smallest absolute Gasteiger partial charge is 0.324 e. The van der Waals surface area contributed by atoms with Crippen molar-refractivity contribution in [3.8, 4) is 0 Å². The number of sulfonamides is 1. The first-order valence-corrected chi connectivity index (χ1v) is 11.1. The van der Waals surface area contributed by atoms with Crippen LogP contribution in [0.3, 0.4) is 0 Å². The van der Waals surface area contributed by atoms with E-state index in [1.54, 1.807) is 32.0 Å². The van der Waals surface area contributed by atoms with E-state index in [0.717, 1.165) is 23.3 Å². The molecular weight excluding hydrogens is 441 g/mol.